The van der Waals surface area contributed by atoms with E-state index >= 15 is 0 Å². The molecular formula is C14H28N2. The Balaban J connectivity index is 1.76. The SMILES string of the molecule is CC(C)(CNC1CCNC1)C1CCCCC1. The third-order valence-corrected chi connectivity index (χ3v) is 4.62. The molecule has 2 heteroatoms. The van der Waals surface area contributed by atoms with E-state index in [-0.39, 0.29) is 0 Å². The van der Waals surface area contributed by atoms with Crippen molar-refractivity contribution in [3.05, 3.63) is 0 Å². The Morgan fingerprint density at radius 1 is 1.12 bits per heavy atom. The van der Waals surface area contributed by atoms with Gasteiger partial charge in [-0.1, -0.05) is 33.1 Å². The number of hydrogen-bond acceptors (Lipinski definition) is 2. The molecule has 1 saturated carbocycles. The van der Waals surface area contributed by atoms with E-state index in [9.17, 15) is 0 Å². The highest BCUT2D eigenvalue weighted by atomic mass is 15.0. The highest BCUT2D eigenvalue weighted by Gasteiger charge is 2.31. The number of nitrogens with one attached hydrogen (secondary N) is 2. The third kappa shape index (κ3) is 3.21. The van der Waals surface area contributed by atoms with Gasteiger partial charge in [-0.2, -0.15) is 0 Å². The number of hydrogen-bond donors (Lipinski definition) is 2. The molecule has 0 amide bonds. The van der Waals surface area contributed by atoms with Crippen molar-refractivity contribution in [3.63, 3.8) is 0 Å². The Morgan fingerprint density at radius 2 is 1.88 bits per heavy atom. The van der Waals surface area contributed by atoms with Crippen LogP contribution < -0.4 is 10.6 Å². The molecule has 0 aromatic carbocycles. The maximum Gasteiger partial charge on any atom is 0.0204 e. The molecule has 0 aromatic rings. The molecule has 1 heterocycles. The van der Waals surface area contributed by atoms with E-state index in [1.807, 2.05) is 0 Å². The van der Waals surface area contributed by atoms with Crippen LogP contribution >= 0.6 is 0 Å². The van der Waals surface area contributed by atoms with Gasteiger partial charge in [0.25, 0.3) is 0 Å². The lowest BCUT2D eigenvalue weighted by atomic mass is 9.71. The minimum Gasteiger partial charge on any atom is -0.315 e. The zero-order valence-corrected chi connectivity index (χ0v) is 11.0. The second kappa shape index (κ2) is 5.50. The van der Waals surface area contributed by atoms with Crippen LogP contribution in [-0.4, -0.2) is 25.7 Å². The fraction of sp³-hybridized carbons (Fsp3) is 1.00. The summed E-state index contributed by atoms with van der Waals surface area (Å²) >= 11 is 0. The molecule has 1 aliphatic carbocycles. The van der Waals surface area contributed by atoms with Crippen molar-refractivity contribution < 1.29 is 0 Å². The van der Waals surface area contributed by atoms with Gasteiger partial charge in [0.05, 0.1) is 0 Å². The van der Waals surface area contributed by atoms with Crippen LogP contribution in [0, 0.1) is 11.3 Å². The minimum atomic E-state index is 0.489. The van der Waals surface area contributed by atoms with Gasteiger partial charge in [-0.3, -0.25) is 0 Å². The van der Waals surface area contributed by atoms with Gasteiger partial charge in [-0.15, -0.1) is 0 Å². The highest BCUT2D eigenvalue weighted by Crippen LogP contribution is 2.37. The molecule has 0 aromatic heterocycles. The van der Waals surface area contributed by atoms with Gasteiger partial charge in [-0.05, 0) is 37.1 Å². The van der Waals surface area contributed by atoms with Crippen molar-refractivity contribution in [2.24, 2.45) is 11.3 Å². The van der Waals surface area contributed by atoms with Crippen LogP contribution in [0.3, 0.4) is 0 Å². The fourth-order valence-corrected chi connectivity index (χ4v) is 3.26. The first-order valence-corrected chi connectivity index (χ1v) is 7.12. The zero-order chi connectivity index (χ0) is 11.4. The van der Waals surface area contributed by atoms with E-state index in [4.69, 9.17) is 0 Å². The zero-order valence-electron chi connectivity index (χ0n) is 11.0. The standard InChI is InChI=1S/C14H28N2/c1-14(2,12-6-4-3-5-7-12)11-16-13-8-9-15-10-13/h12-13,15-16H,3-11H2,1-2H3. The Morgan fingerprint density at radius 3 is 2.50 bits per heavy atom. The van der Waals surface area contributed by atoms with E-state index in [0.717, 1.165) is 12.0 Å². The highest BCUT2D eigenvalue weighted by molar-refractivity contribution is 4.86. The van der Waals surface area contributed by atoms with Gasteiger partial charge in [0.2, 0.25) is 0 Å². The molecular weight excluding hydrogens is 196 g/mol. The van der Waals surface area contributed by atoms with Crippen molar-refractivity contribution in [1.29, 1.82) is 0 Å². The molecule has 2 nitrogen and oxygen atoms in total. The van der Waals surface area contributed by atoms with Gasteiger partial charge < -0.3 is 10.6 Å². The fourth-order valence-electron chi connectivity index (χ4n) is 3.26. The first-order valence-electron chi connectivity index (χ1n) is 7.12. The molecule has 1 aliphatic heterocycles. The van der Waals surface area contributed by atoms with Gasteiger partial charge in [0.15, 0.2) is 0 Å². The smallest absolute Gasteiger partial charge is 0.0204 e. The summed E-state index contributed by atoms with van der Waals surface area (Å²) in [6, 6.07) is 0.725. The average Bonchev–Trinajstić information content (AvgIpc) is 2.81. The molecule has 2 aliphatic rings. The summed E-state index contributed by atoms with van der Waals surface area (Å²) in [5.74, 6) is 0.947. The molecule has 16 heavy (non-hydrogen) atoms. The molecule has 94 valence electrons. The summed E-state index contributed by atoms with van der Waals surface area (Å²) in [6.45, 7) is 8.48. The van der Waals surface area contributed by atoms with Gasteiger partial charge in [0.1, 0.15) is 0 Å². The van der Waals surface area contributed by atoms with Crippen LogP contribution in [0.2, 0.25) is 0 Å². The van der Waals surface area contributed by atoms with E-state index < -0.39 is 0 Å². The Bertz CT molecular complexity index is 201. The molecule has 2 N–H and O–H groups in total. The largest absolute Gasteiger partial charge is 0.315 e. The normalized spacial score (nSPS) is 28.5. The van der Waals surface area contributed by atoms with Gasteiger partial charge in [0, 0.05) is 19.1 Å². The molecule has 1 atom stereocenters. The maximum absolute atomic E-state index is 3.76. The van der Waals surface area contributed by atoms with Gasteiger partial charge >= 0.3 is 0 Å². The van der Waals surface area contributed by atoms with E-state index in [2.05, 4.69) is 24.5 Å². The average molecular weight is 224 g/mol. The summed E-state index contributed by atoms with van der Waals surface area (Å²) in [5.41, 5.74) is 0.489. The quantitative estimate of drug-likeness (QED) is 0.767. The topological polar surface area (TPSA) is 24.1 Å². The van der Waals surface area contributed by atoms with Crippen molar-refractivity contribution in [3.8, 4) is 0 Å². The molecule has 0 bridgehead atoms. The summed E-state index contributed by atoms with van der Waals surface area (Å²) in [4.78, 5) is 0. The van der Waals surface area contributed by atoms with Crippen molar-refractivity contribution in [2.75, 3.05) is 19.6 Å². The van der Waals surface area contributed by atoms with Crippen molar-refractivity contribution in [2.45, 2.75) is 58.4 Å². The van der Waals surface area contributed by atoms with Gasteiger partial charge in [-0.25, -0.2) is 0 Å². The van der Waals surface area contributed by atoms with E-state index in [1.165, 1.54) is 58.2 Å². The third-order valence-electron chi connectivity index (χ3n) is 4.62. The van der Waals surface area contributed by atoms with Crippen molar-refractivity contribution >= 4 is 0 Å². The second-order valence-corrected chi connectivity index (χ2v) is 6.39. The molecule has 0 spiro atoms. The second-order valence-electron chi connectivity index (χ2n) is 6.39. The van der Waals surface area contributed by atoms with Crippen LogP contribution in [0.4, 0.5) is 0 Å². The lowest BCUT2D eigenvalue weighted by molar-refractivity contribution is 0.150. The van der Waals surface area contributed by atoms with E-state index in [0.29, 0.717) is 5.41 Å². The van der Waals surface area contributed by atoms with Crippen LogP contribution in [0.5, 0.6) is 0 Å². The van der Waals surface area contributed by atoms with Crippen LogP contribution in [-0.2, 0) is 0 Å². The van der Waals surface area contributed by atoms with Crippen LogP contribution in [0.25, 0.3) is 0 Å². The predicted molar refractivity (Wildman–Crippen MR) is 69.6 cm³/mol. The molecule has 2 fully saturated rings. The lowest BCUT2D eigenvalue weighted by Gasteiger charge is -2.38. The minimum absolute atomic E-state index is 0.489. The Kier molecular flexibility index (Phi) is 4.26. The predicted octanol–water partition coefficient (Wildman–Crippen LogP) is 2.54. The molecule has 0 radical (unpaired) electrons. The first kappa shape index (κ1) is 12.4. The Hall–Kier alpha value is -0.0800. The first-order chi connectivity index (χ1) is 7.68. The summed E-state index contributed by atoms with van der Waals surface area (Å²) < 4.78 is 0. The number of rotatable bonds is 4. The van der Waals surface area contributed by atoms with Crippen LogP contribution in [0.1, 0.15) is 52.4 Å². The molecule has 1 saturated heterocycles. The Labute approximate surface area is 101 Å². The van der Waals surface area contributed by atoms with E-state index in [1.54, 1.807) is 0 Å². The van der Waals surface area contributed by atoms with Crippen LogP contribution in [0.15, 0.2) is 0 Å². The molecule has 1 unspecified atom stereocenters. The monoisotopic (exact) mass is 224 g/mol. The van der Waals surface area contributed by atoms with Crippen molar-refractivity contribution in [1.82, 2.24) is 10.6 Å². The lowest BCUT2D eigenvalue weighted by Crippen LogP contribution is -2.42. The maximum atomic E-state index is 3.76. The summed E-state index contributed by atoms with van der Waals surface area (Å²) in [6.07, 6.45) is 8.60. The summed E-state index contributed by atoms with van der Waals surface area (Å²) in [7, 11) is 0. The molecule has 2 rings (SSSR count). The summed E-state index contributed by atoms with van der Waals surface area (Å²) in [5, 5.41) is 7.18.